The van der Waals surface area contributed by atoms with E-state index in [1.54, 1.807) is 21.3 Å². The van der Waals surface area contributed by atoms with Gasteiger partial charge in [0, 0.05) is 13.1 Å². The fourth-order valence-corrected chi connectivity index (χ4v) is 4.68. The van der Waals surface area contributed by atoms with Crippen LogP contribution in [-0.4, -0.2) is 51.0 Å². The summed E-state index contributed by atoms with van der Waals surface area (Å²) in [6.45, 7) is 2.00. The molecule has 0 radical (unpaired) electrons. The van der Waals surface area contributed by atoms with Crippen LogP contribution in [-0.2, 0) is 12.8 Å². The summed E-state index contributed by atoms with van der Waals surface area (Å²) in [7, 11) is 4.97. The minimum Gasteiger partial charge on any atom is -0.497 e. The number of methoxy groups -OCH3 is 3. The largest absolute Gasteiger partial charge is 0.497 e. The number of benzene rings is 3. The summed E-state index contributed by atoms with van der Waals surface area (Å²) < 4.78 is 22.6. The first-order valence-corrected chi connectivity index (χ1v) is 12.1. The monoisotopic (exact) mass is 492 g/mol. The van der Waals surface area contributed by atoms with Gasteiger partial charge in [0.2, 0.25) is 0 Å². The molecule has 0 amide bonds. The molecule has 1 heterocycles. The maximum atomic E-state index is 6.23. The van der Waals surface area contributed by atoms with Gasteiger partial charge >= 0.3 is 0 Å². The first kappa shape index (κ1) is 24.7. The van der Waals surface area contributed by atoms with Gasteiger partial charge in [-0.2, -0.15) is 0 Å². The van der Waals surface area contributed by atoms with E-state index >= 15 is 0 Å². The van der Waals surface area contributed by atoms with E-state index in [0.29, 0.717) is 12.4 Å². The zero-order valence-corrected chi connectivity index (χ0v) is 21.3. The number of fused-ring (bicyclic) bond motifs is 1. The van der Waals surface area contributed by atoms with Crippen LogP contribution in [0, 0.1) is 0 Å². The highest BCUT2D eigenvalue weighted by molar-refractivity contribution is 7.80. The Bertz CT molecular complexity index is 1120. The number of hydrogen-bond donors (Lipinski definition) is 1. The summed E-state index contributed by atoms with van der Waals surface area (Å²) in [5.74, 6) is 3.01. The van der Waals surface area contributed by atoms with Crippen LogP contribution in [0.2, 0.25) is 0 Å². The third-order valence-electron chi connectivity index (χ3n) is 6.26. The van der Waals surface area contributed by atoms with Crippen molar-refractivity contribution in [3.63, 3.8) is 0 Å². The molecule has 0 aromatic heterocycles. The molecule has 1 unspecified atom stereocenters. The first-order chi connectivity index (χ1) is 17.1. The Kier molecular flexibility index (Phi) is 8.32. The molecule has 3 aromatic carbocycles. The summed E-state index contributed by atoms with van der Waals surface area (Å²) in [5.41, 5.74) is 3.63. The third kappa shape index (κ3) is 5.98. The number of nitrogens with one attached hydrogen (secondary N) is 1. The van der Waals surface area contributed by atoms with Crippen LogP contribution < -0.4 is 24.3 Å². The fourth-order valence-electron chi connectivity index (χ4n) is 4.36. The zero-order chi connectivity index (χ0) is 24.6. The van der Waals surface area contributed by atoms with Gasteiger partial charge in [0.25, 0.3) is 0 Å². The second-order valence-corrected chi connectivity index (χ2v) is 8.71. The lowest BCUT2D eigenvalue weighted by atomic mass is 9.92. The minimum absolute atomic E-state index is 0.0719. The van der Waals surface area contributed by atoms with Gasteiger partial charge in [-0.1, -0.05) is 30.3 Å². The summed E-state index contributed by atoms with van der Waals surface area (Å²) in [6.07, 6.45) is 1.76. The van der Waals surface area contributed by atoms with Crippen molar-refractivity contribution < 1.29 is 18.9 Å². The quantitative estimate of drug-likeness (QED) is 0.430. The molecule has 0 saturated carbocycles. The molecule has 0 saturated heterocycles. The Balaban J connectivity index is 1.53. The maximum absolute atomic E-state index is 6.23. The van der Waals surface area contributed by atoms with Crippen LogP contribution >= 0.6 is 12.2 Å². The van der Waals surface area contributed by atoms with E-state index in [1.165, 1.54) is 11.1 Å². The number of hydrogen-bond acceptors (Lipinski definition) is 5. The van der Waals surface area contributed by atoms with Crippen LogP contribution in [0.4, 0.5) is 0 Å². The Morgan fingerprint density at radius 3 is 2.29 bits per heavy atom. The van der Waals surface area contributed by atoms with E-state index in [9.17, 15) is 0 Å². The molecule has 4 rings (SSSR count). The van der Waals surface area contributed by atoms with E-state index in [-0.39, 0.29) is 6.04 Å². The lowest BCUT2D eigenvalue weighted by molar-refractivity contribution is 0.187. The summed E-state index contributed by atoms with van der Waals surface area (Å²) >= 11 is 5.86. The molecule has 0 bridgehead atoms. The third-order valence-corrected chi connectivity index (χ3v) is 6.64. The van der Waals surface area contributed by atoms with Gasteiger partial charge in [-0.05, 0) is 78.1 Å². The normalized spacial score (nSPS) is 14.6. The summed E-state index contributed by atoms with van der Waals surface area (Å²) in [4.78, 5) is 2.22. The molecule has 0 spiro atoms. The Morgan fingerprint density at radius 2 is 1.60 bits per heavy atom. The standard InChI is InChI=1S/C28H32N2O4S/c1-31-22-9-11-23(12-10-22)34-19-25-24-18-27(33-3)26(32-2)17-21(24)14-16-30(25)28(35)29-15-13-20-7-5-4-6-8-20/h4-12,17-18,25H,13-16,19H2,1-3H3,(H,29,35). The van der Waals surface area contributed by atoms with Crippen LogP contribution in [0.3, 0.4) is 0 Å². The average Bonchev–Trinajstić information content (AvgIpc) is 2.91. The topological polar surface area (TPSA) is 52.2 Å². The van der Waals surface area contributed by atoms with Gasteiger partial charge in [-0.15, -0.1) is 0 Å². The molecule has 7 heteroatoms. The van der Waals surface area contributed by atoms with Crippen molar-refractivity contribution in [1.82, 2.24) is 10.2 Å². The molecule has 0 fully saturated rings. The van der Waals surface area contributed by atoms with E-state index in [1.807, 2.05) is 30.3 Å². The second kappa shape index (κ2) is 11.8. The highest BCUT2D eigenvalue weighted by atomic mass is 32.1. The molecule has 35 heavy (non-hydrogen) atoms. The predicted octanol–water partition coefficient (Wildman–Crippen LogP) is 4.81. The maximum Gasteiger partial charge on any atom is 0.169 e. The number of rotatable bonds is 9. The summed E-state index contributed by atoms with van der Waals surface area (Å²) in [6, 6.07) is 22.1. The zero-order valence-electron chi connectivity index (χ0n) is 20.5. The van der Waals surface area contributed by atoms with Crippen molar-refractivity contribution in [2.24, 2.45) is 0 Å². The molecular formula is C28H32N2O4S. The number of ether oxygens (including phenoxy) is 4. The van der Waals surface area contributed by atoms with Gasteiger partial charge in [0.1, 0.15) is 18.1 Å². The molecule has 1 aliphatic heterocycles. The van der Waals surface area contributed by atoms with Crippen molar-refractivity contribution in [2.45, 2.75) is 18.9 Å². The van der Waals surface area contributed by atoms with Crippen molar-refractivity contribution in [3.8, 4) is 23.0 Å². The SMILES string of the molecule is COc1ccc(OCC2c3cc(OC)c(OC)cc3CCN2C(=S)NCCc2ccccc2)cc1. The van der Waals surface area contributed by atoms with Gasteiger partial charge < -0.3 is 29.2 Å². The predicted molar refractivity (Wildman–Crippen MR) is 142 cm³/mol. The Morgan fingerprint density at radius 1 is 0.914 bits per heavy atom. The fraction of sp³-hybridized carbons (Fsp3) is 0.321. The van der Waals surface area contributed by atoms with E-state index < -0.39 is 0 Å². The lowest BCUT2D eigenvalue weighted by Crippen LogP contribution is -2.47. The molecular weight excluding hydrogens is 460 g/mol. The molecule has 0 aliphatic carbocycles. The van der Waals surface area contributed by atoms with Gasteiger partial charge in [0.05, 0.1) is 27.4 Å². The van der Waals surface area contributed by atoms with Crippen LogP contribution in [0.25, 0.3) is 0 Å². The van der Waals surface area contributed by atoms with E-state index in [4.69, 9.17) is 31.2 Å². The van der Waals surface area contributed by atoms with Crippen LogP contribution in [0.5, 0.6) is 23.0 Å². The number of nitrogens with zero attached hydrogens (tertiary/aromatic N) is 1. The van der Waals surface area contributed by atoms with Crippen molar-refractivity contribution in [2.75, 3.05) is 41.0 Å². The van der Waals surface area contributed by atoms with Crippen molar-refractivity contribution in [3.05, 3.63) is 83.4 Å². The van der Waals surface area contributed by atoms with Gasteiger partial charge in [0.15, 0.2) is 16.6 Å². The first-order valence-electron chi connectivity index (χ1n) is 11.7. The van der Waals surface area contributed by atoms with E-state index in [0.717, 1.165) is 53.9 Å². The molecule has 1 N–H and O–H groups in total. The summed E-state index contributed by atoms with van der Waals surface area (Å²) in [5, 5.41) is 4.18. The lowest BCUT2D eigenvalue weighted by Gasteiger charge is -2.39. The second-order valence-electron chi connectivity index (χ2n) is 8.32. The molecule has 1 atom stereocenters. The van der Waals surface area contributed by atoms with Crippen molar-refractivity contribution in [1.29, 1.82) is 0 Å². The number of thiocarbonyl (C=S) groups is 1. The Labute approximate surface area is 212 Å². The molecule has 3 aromatic rings. The molecule has 184 valence electrons. The Hall–Kier alpha value is -3.45. The highest BCUT2D eigenvalue weighted by Gasteiger charge is 2.31. The minimum atomic E-state index is -0.0719. The van der Waals surface area contributed by atoms with Crippen LogP contribution in [0.1, 0.15) is 22.7 Å². The molecule has 6 nitrogen and oxygen atoms in total. The van der Waals surface area contributed by atoms with Crippen LogP contribution in [0.15, 0.2) is 66.7 Å². The van der Waals surface area contributed by atoms with Gasteiger partial charge in [-0.25, -0.2) is 0 Å². The average molecular weight is 493 g/mol. The smallest absolute Gasteiger partial charge is 0.169 e. The van der Waals surface area contributed by atoms with Gasteiger partial charge in [-0.3, -0.25) is 0 Å². The van der Waals surface area contributed by atoms with E-state index in [2.05, 4.69) is 46.6 Å². The highest BCUT2D eigenvalue weighted by Crippen LogP contribution is 2.38. The van der Waals surface area contributed by atoms with Crippen molar-refractivity contribution >= 4 is 17.3 Å². The molecule has 1 aliphatic rings.